The first-order valence-electron chi connectivity index (χ1n) is 13.8. The van der Waals surface area contributed by atoms with Crippen LogP contribution in [0, 0.1) is 0 Å². The Bertz CT molecular complexity index is 2010. The number of benzene rings is 5. The molecule has 0 N–H and O–H groups in total. The van der Waals surface area contributed by atoms with E-state index in [0.717, 1.165) is 24.3 Å². The van der Waals surface area contributed by atoms with Crippen molar-refractivity contribution >= 4 is 27.5 Å². The van der Waals surface area contributed by atoms with E-state index >= 15 is 0 Å². The predicted octanol–water partition coefficient (Wildman–Crippen LogP) is 9.45. The molecule has 0 unspecified atom stereocenters. The molecule has 5 aromatic carbocycles. The zero-order valence-corrected chi connectivity index (χ0v) is 21.4. The highest BCUT2D eigenvalue weighted by atomic mass is 16.5. The Morgan fingerprint density at radius 2 is 1.28 bits per heavy atom. The number of rotatable bonds is 1. The monoisotopic (exact) mass is 499 g/mol. The maximum absolute atomic E-state index is 6.53. The van der Waals surface area contributed by atoms with Crippen LogP contribution in [0.3, 0.4) is 0 Å². The molecule has 0 bridgehead atoms. The van der Waals surface area contributed by atoms with Gasteiger partial charge < -0.3 is 9.30 Å². The SMILES string of the molecule is C1=CC(n2c3ccccc3c3ccc4c(c32)-c2ccccc2C42c3ccccc3Oc3ccccc32)=CCC1. The fourth-order valence-corrected chi connectivity index (χ4v) is 7.42. The fourth-order valence-electron chi connectivity index (χ4n) is 7.42. The van der Waals surface area contributed by atoms with Gasteiger partial charge in [-0.15, -0.1) is 0 Å². The molecule has 0 amide bonds. The number of hydrogen-bond donors (Lipinski definition) is 0. The molecule has 9 rings (SSSR count). The quantitative estimate of drug-likeness (QED) is 0.219. The summed E-state index contributed by atoms with van der Waals surface area (Å²) in [6.45, 7) is 0. The van der Waals surface area contributed by atoms with E-state index in [1.807, 2.05) is 0 Å². The maximum Gasteiger partial charge on any atom is 0.132 e. The predicted molar refractivity (Wildman–Crippen MR) is 159 cm³/mol. The van der Waals surface area contributed by atoms with E-state index < -0.39 is 5.41 Å². The first kappa shape index (κ1) is 21.2. The van der Waals surface area contributed by atoms with E-state index in [0.29, 0.717) is 0 Å². The normalized spacial score (nSPS) is 15.9. The summed E-state index contributed by atoms with van der Waals surface area (Å²) in [5.74, 6) is 1.86. The van der Waals surface area contributed by atoms with E-state index in [2.05, 4.69) is 132 Å². The number of hydrogen-bond acceptors (Lipinski definition) is 1. The van der Waals surface area contributed by atoms with Crippen molar-refractivity contribution in [2.24, 2.45) is 0 Å². The van der Waals surface area contributed by atoms with Gasteiger partial charge in [0.1, 0.15) is 11.5 Å². The van der Waals surface area contributed by atoms with Gasteiger partial charge in [0.05, 0.1) is 16.4 Å². The summed E-state index contributed by atoms with van der Waals surface area (Å²) in [7, 11) is 0. The highest BCUT2D eigenvalue weighted by Gasteiger charge is 2.51. The minimum Gasteiger partial charge on any atom is -0.457 e. The zero-order chi connectivity index (χ0) is 25.6. The number of fused-ring (bicyclic) bond motifs is 13. The summed E-state index contributed by atoms with van der Waals surface area (Å²) in [6, 6.07) is 39.8. The van der Waals surface area contributed by atoms with E-state index in [1.165, 1.54) is 60.9 Å². The van der Waals surface area contributed by atoms with Crippen LogP contribution in [0.4, 0.5) is 0 Å². The van der Waals surface area contributed by atoms with Gasteiger partial charge in [-0.2, -0.15) is 0 Å². The topological polar surface area (TPSA) is 14.2 Å². The molecule has 0 saturated carbocycles. The minimum atomic E-state index is -0.455. The molecule has 0 fully saturated rings. The Morgan fingerprint density at radius 3 is 2.05 bits per heavy atom. The van der Waals surface area contributed by atoms with E-state index in [4.69, 9.17) is 4.74 Å². The molecule has 39 heavy (non-hydrogen) atoms. The first-order valence-corrected chi connectivity index (χ1v) is 13.8. The highest BCUT2D eigenvalue weighted by Crippen LogP contribution is 2.63. The lowest BCUT2D eigenvalue weighted by Crippen LogP contribution is -2.32. The molecule has 1 spiro atoms. The molecule has 2 heterocycles. The standard InChI is InChI=1S/C37H25NO/c1-2-12-24(13-3-1)38-32-19-9-5-14-25(32)26-22-23-31-35(36(26)38)27-15-4-6-16-28(27)37(31)29-17-7-10-20-33(29)39-34-21-11-8-18-30(34)37/h2,4-23H,1,3H2. The summed E-state index contributed by atoms with van der Waals surface area (Å²) in [5.41, 5.74) is 11.0. The van der Waals surface area contributed by atoms with E-state index in [1.54, 1.807) is 0 Å². The van der Waals surface area contributed by atoms with Crippen molar-refractivity contribution in [1.82, 2.24) is 4.57 Å². The van der Waals surface area contributed by atoms with Crippen LogP contribution < -0.4 is 4.74 Å². The highest BCUT2D eigenvalue weighted by molar-refractivity contribution is 6.17. The number of aromatic nitrogens is 1. The van der Waals surface area contributed by atoms with Crippen LogP contribution in [0.5, 0.6) is 11.5 Å². The van der Waals surface area contributed by atoms with Gasteiger partial charge >= 0.3 is 0 Å². The van der Waals surface area contributed by atoms with Crippen LogP contribution in [-0.4, -0.2) is 4.57 Å². The van der Waals surface area contributed by atoms with Gasteiger partial charge in [-0.25, -0.2) is 0 Å². The third kappa shape index (κ3) is 2.56. The molecule has 184 valence electrons. The van der Waals surface area contributed by atoms with Crippen LogP contribution in [0.25, 0.3) is 38.6 Å². The fraction of sp³-hybridized carbons (Fsp3) is 0.0811. The Morgan fingerprint density at radius 1 is 0.590 bits per heavy atom. The van der Waals surface area contributed by atoms with Gasteiger partial charge in [-0.1, -0.05) is 103 Å². The van der Waals surface area contributed by atoms with Crippen molar-refractivity contribution < 1.29 is 4.74 Å². The first-order chi connectivity index (χ1) is 19.4. The Labute approximate surface area is 227 Å². The van der Waals surface area contributed by atoms with Crippen molar-refractivity contribution in [2.45, 2.75) is 18.3 Å². The second kappa shape index (κ2) is 7.61. The zero-order valence-electron chi connectivity index (χ0n) is 21.4. The lowest BCUT2D eigenvalue weighted by atomic mass is 9.66. The van der Waals surface area contributed by atoms with Gasteiger partial charge in [0.25, 0.3) is 0 Å². The molecule has 0 atom stereocenters. The molecule has 0 saturated heterocycles. The molecular weight excluding hydrogens is 474 g/mol. The van der Waals surface area contributed by atoms with Crippen molar-refractivity contribution in [3.05, 3.63) is 150 Å². The second-order valence-corrected chi connectivity index (χ2v) is 10.7. The van der Waals surface area contributed by atoms with Gasteiger partial charge in [0.2, 0.25) is 0 Å². The smallest absolute Gasteiger partial charge is 0.132 e. The Hall–Kier alpha value is -4.82. The lowest BCUT2D eigenvalue weighted by molar-refractivity contribution is 0.436. The Balaban J connectivity index is 1.52. The van der Waals surface area contributed by atoms with Crippen molar-refractivity contribution in [3.63, 3.8) is 0 Å². The molecule has 3 aliphatic rings. The third-order valence-corrected chi connectivity index (χ3v) is 8.88. The van der Waals surface area contributed by atoms with E-state index in [9.17, 15) is 0 Å². The number of nitrogens with zero attached hydrogens (tertiary/aromatic N) is 1. The average Bonchev–Trinajstić information content (AvgIpc) is 3.49. The van der Waals surface area contributed by atoms with Gasteiger partial charge in [-0.3, -0.25) is 0 Å². The third-order valence-electron chi connectivity index (χ3n) is 8.88. The van der Waals surface area contributed by atoms with Gasteiger partial charge in [-0.05, 0) is 53.8 Å². The van der Waals surface area contributed by atoms with Crippen LogP contribution in [-0.2, 0) is 5.41 Å². The Kier molecular flexibility index (Phi) is 4.13. The molecule has 0 radical (unpaired) electrons. The summed E-state index contributed by atoms with van der Waals surface area (Å²) < 4.78 is 9.03. The van der Waals surface area contributed by atoms with Crippen LogP contribution in [0.1, 0.15) is 35.1 Å². The summed E-state index contributed by atoms with van der Waals surface area (Å²) in [5, 5.41) is 2.59. The van der Waals surface area contributed by atoms with E-state index in [-0.39, 0.29) is 0 Å². The largest absolute Gasteiger partial charge is 0.457 e. The number of para-hydroxylation sites is 3. The molecule has 6 aromatic rings. The van der Waals surface area contributed by atoms with Gasteiger partial charge in [0.15, 0.2) is 0 Å². The second-order valence-electron chi connectivity index (χ2n) is 10.7. The average molecular weight is 500 g/mol. The molecule has 2 heteroatoms. The number of allylic oxidation sites excluding steroid dienone is 4. The number of ether oxygens (including phenoxy) is 1. The molecule has 2 aliphatic carbocycles. The molecular formula is C37H25NO. The molecule has 1 aliphatic heterocycles. The molecule has 1 aromatic heterocycles. The van der Waals surface area contributed by atoms with Crippen LogP contribution in [0.2, 0.25) is 0 Å². The van der Waals surface area contributed by atoms with Crippen molar-refractivity contribution in [3.8, 4) is 22.6 Å². The maximum atomic E-state index is 6.53. The summed E-state index contributed by atoms with van der Waals surface area (Å²) in [6.07, 6.45) is 9.15. The van der Waals surface area contributed by atoms with Crippen LogP contribution in [0.15, 0.2) is 127 Å². The summed E-state index contributed by atoms with van der Waals surface area (Å²) >= 11 is 0. The van der Waals surface area contributed by atoms with Crippen LogP contribution >= 0.6 is 0 Å². The minimum absolute atomic E-state index is 0.455. The molecule has 2 nitrogen and oxygen atoms in total. The van der Waals surface area contributed by atoms with Gasteiger partial charge in [0, 0.05) is 33.2 Å². The van der Waals surface area contributed by atoms with Crippen molar-refractivity contribution in [1.29, 1.82) is 0 Å². The summed E-state index contributed by atoms with van der Waals surface area (Å²) in [4.78, 5) is 0. The lowest BCUT2D eigenvalue weighted by Gasteiger charge is -2.39. The van der Waals surface area contributed by atoms with Crippen molar-refractivity contribution in [2.75, 3.05) is 0 Å².